The second kappa shape index (κ2) is 5.09. The van der Waals surface area contributed by atoms with E-state index >= 15 is 0 Å². The van der Waals surface area contributed by atoms with Crippen LogP contribution in [0.2, 0.25) is 0 Å². The normalized spacial score (nSPS) is 10.4. The van der Waals surface area contributed by atoms with Crippen molar-refractivity contribution in [1.29, 1.82) is 0 Å². The largest absolute Gasteiger partial charge is 0.321 e. The van der Waals surface area contributed by atoms with Crippen molar-refractivity contribution in [2.45, 2.75) is 6.92 Å². The van der Waals surface area contributed by atoms with Crippen LogP contribution in [0.5, 0.6) is 0 Å². The number of hydrogen-bond donors (Lipinski definition) is 1. The molecule has 98 valence electrons. The number of hydrogen-bond acceptors (Lipinski definition) is 3. The molecule has 0 aliphatic carbocycles. The van der Waals surface area contributed by atoms with Gasteiger partial charge in [-0.25, -0.2) is 9.97 Å². The van der Waals surface area contributed by atoms with Crippen molar-refractivity contribution in [1.82, 2.24) is 9.97 Å². The predicted octanol–water partition coefficient (Wildman–Crippen LogP) is 3.19. The summed E-state index contributed by atoms with van der Waals surface area (Å²) in [6, 6.07) is 14.9. The summed E-state index contributed by atoms with van der Waals surface area (Å²) in [5.41, 5.74) is 2.83. The molecule has 0 spiro atoms. The van der Waals surface area contributed by atoms with Crippen LogP contribution in [0.25, 0.3) is 11.0 Å². The van der Waals surface area contributed by atoms with Gasteiger partial charge in [0.2, 0.25) is 0 Å². The first-order valence-electron chi connectivity index (χ1n) is 6.32. The van der Waals surface area contributed by atoms with Gasteiger partial charge in [0.05, 0.1) is 0 Å². The second-order valence-electron chi connectivity index (χ2n) is 4.57. The zero-order valence-corrected chi connectivity index (χ0v) is 11.0. The number of benzene rings is 1. The third kappa shape index (κ3) is 2.49. The minimum absolute atomic E-state index is 0.235. The van der Waals surface area contributed by atoms with E-state index in [-0.39, 0.29) is 5.91 Å². The Labute approximate surface area is 116 Å². The van der Waals surface area contributed by atoms with Crippen LogP contribution in [0.15, 0.2) is 54.7 Å². The van der Waals surface area contributed by atoms with E-state index in [9.17, 15) is 4.79 Å². The van der Waals surface area contributed by atoms with Crippen molar-refractivity contribution < 1.29 is 4.79 Å². The van der Waals surface area contributed by atoms with Gasteiger partial charge in [-0.3, -0.25) is 4.79 Å². The van der Waals surface area contributed by atoms with E-state index in [1.165, 1.54) is 0 Å². The maximum absolute atomic E-state index is 12.1. The summed E-state index contributed by atoms with van der Waals surface area (Å²) in [7, 11) is 0. The molecule has 20 heavy (non-hydrogen) atoms. The summed E-state index contributed by atoms with van der Waals surface area (Å²) in [5, 5.41) is 3.74. The number of nitrogens with zero attached hydrogens (tertiary/aromatic N) is 2. The lowest BCUT2D eigenvalue weighted by Crippen LogP contribution is -2.13. The topological polar surface area (TPSA) is 54.9 Å². The van der Waals surface area contributed by atoms with Crippen LogP contribution in [-0.2, 0) is 0 Å². The maximum Gasteiger partial charge on any atom is 0.274 e. The summed E-state index contributed by atoms with van der Waals surface area (Å²) in [6.45, 7) is 2.00. The van der Waals surface area contributed by atoms with Gasteiger partial charge in [0.15, 0.2) is 5.65 Å². The first-order chi connectivity index (χ1) is 9.72. The van der Waals surface area contributed by atoms with Gasteiger partial charge in [-0.2, -0.15) is 0 Å². The highest BCUT2D eigenvalue weighted by Gasteiger charge is 2.08. The van der Waals surface area contributed by atoms with Crippen LogP contribution >= 0.6 is 0 Å². The van der Waals surface area contributed by atoms with E-state index in [2.05, 4.69) is 15.3 Å². The lowest BCUT2D eigenvalue weighted by atomic mass is 10.2. The first-order valence-corrected chi connectivity index (χ1v) is 6.32. The fraction of sp³-hybridized carbons (Fsp3) is 0.0625. The highest BCUT2D eigenvalue weighted by Crippen LogP contribution is 2.12. The van der Waals surface area contributed by atoms with Gasteiger partial charge in [-0.15, -0.1) is 0 Å². The molecule has 3 rings (SSSR count). The number of anilines is 1. The van der Waals surface area contributed by atoms with E-state index < -0.39 is 0 Å². The molecule has 0 radical (unpaired) electrons. The van der Waals surface area contributed by atoms with Gasteiger partial charge in [0.1, 0.15) is 5.69 Å². The van der Waals surface area contributed by atoms with Crippen LogP contribution in [-0.4, -0.2) is 15.9 Å². The van der Waals surface area contributed by atoms with Gasteiger partial charge in [-0.05, 0) is 43.3 Å². The minimum Gasteiger partial charge on any atom is -0.321 e. The molecule has 4 heteroatoms. The Morgan fingerprint density at radius 3 is 2.65 bits per heavy atom. The summed E-state index contributed by atoms with van der Waals surface area (Å²) in [4.78, 5) is 20.6. The lowest BCUT2D eigenvalue weighted by molar-refractivity contribution is 0.102. The van der Waals surface area contributed by atoms with Crippen LogP contribution in [0, 0.1) is 6.92 Å². The Morgan fingerprint density at radius 1 is 1.05 bits per heavy atom. The number of fused-ring (bicyclic) bond motifs is 1. The quantitative estimate of drug-likeness (QED) is 0.772. The average Bonchev–Trinajstić information content (AvgIpc) is 2.49. The van der Waals surface area contributed by atoms with Gasteiger partial charge in [0.25, 0.3) is 5.91 Å². The Morgan fingerprint density at radius 2 is 1.85 bits per heavy atom. The Balaban J connectivity index is 1.86. The van der Waals surface area contributed by atoms with Crippen LogP contribution in [0.3, 0.4) is 0 Å². The molecule has 2 aromatic heterocycles. The smallest absolute Gasteiger partial charge is 0.274 e. The van der Waals surface area contributed by atoms with Gasteiger partial charge >= 0.3 is 0 Å². The van der Waals surface area contributed by atoms with Crippen molar-refractivity contribution >= 4 is 22.6 Å². The zero-order chi connectivity index (χ0) is 13.9. The fourth-order valence-electron chi connectivity index (χ4n) is 1.91. The second-order valence-corrected chi connectivity index (χ2v) is 4.57. The molecule has 0 saturated heterocycles. The summed E-state index contributed by atoms with van der Waals surface area (Å²) >= 11 is 0. The number of amides is 1. The van der Waals surface area contributed by atoms with Gasteiger partial charge in [-0.1, -0.05) is 17.7 Å². The third-order valence-corrected chi connectivity index (χ3v) is 3.01. The average molecular weight is 263 g/mol. The molecule has 0 aliphatic rings. The van der Waals surface area contributed by atoms with Crippen molar-refractivity contribution in [3.63, 3.8) is 0 Å². The Bertz CT molecular complexity index is 766. The molecule has 0 unspecified atom stereocenters. The number of aromatic nitrogens is 2. The lowest BCUT2D eigenvalue weighted by Gasteiger charge is -2.05. The number of nitrogens with one attached hydrogen (secondary N) is 1. The van der Waals surface area contributed by atoms with E-state index in [0.717, 1.165) is 16.6 Å². The number of carbonyl (C=O) groups excluding carboxylic acids is 1. The molecular formula is C16H13N3O. The Hall–Kier alpha value is -2.75. The molecule has 0 bridgehead atoms. The van der Waals surface area contributed by atoms with Gasteiger partial charge in [0, 0.05) is 17.3 Å². The molecule has 2 heterocycles. The summed E-state index contributed by atoms with van der Waals surface area (Å²) < 4.78 is 0. The highest BCUT2D eigenvalue weighted by molar-refractivity contribution is 6.03. The van der Waals surface area contributed by atoms with E-state index in [4.69, 9.17) is 0 Å². The van der Waals surface area contributed by atoms with Crippen LogP contribution in [0.4, 0.5) is 5.69 Å². The minimum atomic E-state index is -0.235. The third-order valence-electron chi connectivity index (χ3n) is 3.01. The fourth-order valence-corrected chi connectivity index (χ4v) is 1.91. The number of aryl methyl sites for hydroxylation is 1. The SMILES string of the molecule is Cc1ccc(NC(=O)c2ccc3cccnc3n2)cc1. The highest BCUT2D eigenvalue weighted by atomic mass is 16.1. The maximum atomic E-state index is 12.1. The monoisotopic (exact) mass is 263 g/mol. The molecule has 0 atom stereocenters. The van der Waals surface area contributed by atoms with E-state index in [1.807, 2.05) is 49.4 Å². The molecule has 3 aromatic rings. The zero-order valence-electron chi connectivity index (χ0n) is 11.0. The first kappa shape index (κ1) is 12.3. The van der Waals surface area contributed by atoms with E-state index in [1.54, 1.807) is 12.3 Å². The summed E-state index contributed by atoms with van der Waals surface area (Å²) in [5.74, 6) is -0.235. The number of pyridine rings is 2. The molecule has 1 amide bonds. The molecule has 0 aliphatic heterocycles. The van der Waals surface area contributed by atoms with E-state index in [0.29, 0.717) is 11.3 Å². The molecule has 0 saturated carbocycles. The van der Waals surface area contributed by atoms with Crippen LogP contribution in [0.1, 0.15) is 16.1 Å². The standard InChI is InChI=1S/C16H13N3O/c1-11-4-7-13(8-5-11)18-16(20)14-9-6-12-3-2-10-17-15(12)19-14/h2-10H,1H3,(H,18,20). The van der Waals surface area contributed by atoms with Crippen LogP contribution < -0.4 is 5.32 Å². The molecule has 0 fully saturated rings. The van der Waals surface area contributed by atoms with Crippen molar-refractivity contribution in [3.8, 4) is 0 Å². The molecule has 1 aromatic carbocycles. The number of rotatable bonds is 2. The van der Waals surface area contributed by atoms with Gasteiger partial charge < -0.3 is 5.32 Å². The molecule has 4 nitrogen and oxygen atoms in total. The molecule has 1 N–H and O–H groups in total. The van der Waals surface area contributed by atoms with Crippen molar-refractivity contribution in [2.75, 3.05) is 5.32 Å². The van der Waals surface area contributed by atoms with Crippen molar-refractivity contribution in [2.24, 2.45) is 0 Å². The predicted molar refractivity (Wildman–Crippen MR) is 78.7 cm³/mol. The Kier molecular flexibility index (Phi) is 3.13. The number of carbonyl (C=O) groups is 1. The van der Waals surface area contributed by atoms with Crippen molar-refractivity contribution in [3.05, 3.63) is 66.0 Å². The molecular weight excluding hydrogens is 250 g/mol. The summed E-state index contributed by atoms with van der Waals surface area (Å²) in [6.07, 6.45) is 1.66.